The van der Waals surface area contributed by atoms with Crippen molar-refractivity contribution in [3.63, 3.8) is 0 Å². The summed E-state index contributed by atoms with van der Waals surface area (Å²) in [6.45, 7) is 3.07. The highest BCUT2D eigenvalue weighted by molar-refractivity contribution is 5.88. The lowest BCUT2D eigenvalue weighted by atomic mass is 9.84. The number of rotatable bonds is 12. The number of hydrogen-bond donors (Lipinski definition) is 5. The van der Waals surface area contributed by atoms with E-state index < -0.39 is 42.0 Å². The van der Waals surface area contributed by atoms with E-state index in [1.165, 1.54) is 0 Å². The Balaban J connectivity index is 0.000000349. The number of aromatic nitrogens is 2. The van der Waals surface area contributed by atoms with E-state index in [1.807, 2.05) is 36.7 Å². The monoisotopic (exact) mass is 549 g/mol. The van der Waals surface area contributed by atoms with Crippen LogP contribution in [0.2, 0.25) is 0 Å². The van der Waals surface area contributed by atoms with Crippen molar-refractivity contribution in [1.82, 2.24) is 14.9 Å². The Morgan fingerprint density at radius 1 is 1.00 bits per heavy atom. The van der Waals surface area contributed by atoms with Gasteiger partial charge in [0, 0.05) is 56.7 Å². The number of hydrogen-bond acceptors (Lipinski definition) is 10. The molecule has 0 spiro atoms. The van der Waals surface area contributed by atoms with E-state index in [0.717, 1.165) is 48.8 Å². The SMILES string of the molecule is COCCc1ncc(CN2CCC(O)(c3ccccc3OC)CC2)cn1.O=C(O)CC(O)(CC(=O)O)C(=O)O. The molecule has 0 bridgehead atoms. The first kappa shape index (κ1) is 31.6. The minimum Gasteiger partial charge on any atom is -0.496 e. The zero-order valence-electron chi connectivity index (χ0n) is 21.9. The largest absolute Gasteiger partial charge is 0.496 e. The number of methoxy groups -OCH3 is 2. The molecule has 1 aromatic heterocycles. The van der Waals surface area contributed by atoms with E-state index in [-0.39, 0.29) is 0 Å². The van der Waals surface area contributed by atoms with Crippen LogP contribution in [0.4, 0.5) is 0 Å². The molecule has 39 heavy (non-hydrogen) atoms. The van der Waals surface area contributed by atoms with Crippen molar-refractivity contribution in [2.75, 3.05) is 33.9 Å². The maximum atomic E-state index is 11.1. The summed E-state index contributed by atoms with van der Waals surface area (Å²) in [7, 11) is 3.32. The van der Waals surface area contributed by atoms with Crippen LogP contribution in [-0.4, -0.2) is 97.8 Å². The summed E-state index contributed by atoms with van der Waals surface area (Å²) >= 11 is 0. The van der Waals surface area contributed by atoms with Crippen molar-refractivity contribution < 1.29 is 49.4 Å². The summed E-state index contributed by atoms with van der Waals surface area (Å²) in [4.78, 5) is 41.6. The van der Waals surface area contributed by atoms with Crippen molar-refractivity contribution in [2.24, 2.45) is 0 Å². The Kier molecular flexibility index (Phi) is 11.7. The quantitative estimate of drug-likeness (QED) is 0.250. The van der Waals surface area contributed by atoms with Gasteiger partial charge in [0.05, 0.1) is 32.2 Å². The smallest absolute Gasteiger partial charge is 0.336 e. The lowest BCUT2D eigenvalue weighted by Gasteiger charge is -2.39. The van der Waals surface area contributed by atoms with E-state index >= 15 is 0 Å². The van der Waals surface area contributed by atoms with Crippen molar-refractivity contribution in [3.8, 4) is 5.75 Å². The van der Waals surface area contributed by atoms with Gasteiger partial charge in [-0.3, -0.25) is 14.5 Å². The van der Waals surface area contributed by atoms with Gasteiger partial charge in [-0.1, -0.05) is 18.2 Å². The summed E-state index contributed by atoms with van der Waals surface area (Å²) in [6, 6.07) is 7.74. The van der Waals surface area contributed by atoms with Crippen molar-refractivity contribution in [3.05, 3.63) is 53.6 Å². The van der Waals surface area contributed by atoms with Gasteiger partial charge in [0.1, 0.15) is 11.6 Å². The predicted octanol–water partition coefficient (Wildman–Crippen LogP) is 0.909. The summed E-state index contributed by atoms with van der Waals surface area (Å²) in [5.74, 6) is -3.46. The second-order valence-electron chi connectivity index (χ2n) is 9.24. The molecule has 2 aromatic rings. The number of ether oxygens (including phenoxy) is 2. The first-order valence-electron chi connectivity index (χ1n) is 12.2. The lowest BCUT2D eigenvalue weighted by molar-refractivity contribution is -0.170. The highest BCUT2D eigenvalue weighted by Gasteiger charge is 2.41. The molecule has 1 aliphatic rings. The van der Waals surface area contributed by atoms with Gasteiger partial charge >= 0.3 is 17.9 Å². The molecule has 1 aliphatic heterocycles. The van der Waals surface area contributed by atoms with Crippen molar-refractivity contribution >= 4 is 17.9 Å². The second kappa shape index (κ2) is 14.5. The first-order chi connectivity index (χ1) is 18.4. The molecule has 13 nitrogen and oxygen atoms in total. The summed E-state index contributed by atoms with van der Waals surface area (Å²) in [5, 5.41) is 44.9. The number of carboxylic acids is 3. The zero-order chi connectivity index (χ0) is 29.1. The zero-order valence-corrected chi connectivity index (χ0v) is 21.9. The van der Waals surface area contributed by atoms with Gasteiger partial charge in [0.25, 0.3) is 0 Å². The average Bonchev–Trinajstić information content (AvgIpc) is 2.89. The predicted molar refractivity (Wildman–Crippen MR) is 136 cm³/mol. The van der Waals surface area contributed by atoms with Gasteiger partial charge in [-0.05, 0) is 18.9 Å². The van der Waals surface area contributed by atoms with Crippen LogP contribution in [0.15, 0.2) is 36.7 Å². The van der Waals surface area contributed by atoms with E-state index in [4.69, 9.17) is 29.9 Å². The third-order valence-electron chi connectivity index (χ3n) is 6.27. The normalized spacial score (nSPS) is 15.1. The molecule has 0 unspecified atom stereocenters. The molecule has 214 valence electrons. The molecule has 1 aromatic carbocycles. The lowest BCUT2D eigenvalue weighted by Crippen LogP contribution is -2.42. The van der Waals surface area contributed by atoms with Gasteiger partial charge < -0.3 is 35.0 Å². The standard InChI is InChI=1S/C20H27N3O3.C6H8O7/c1-25-12-7-19-21-13-16(14-22-19)15-23-10-8-20(24,9-11-23)17-5-3-4-6-18(17)26-2;7-3(8)1-6(13,5(11)12)2-4(9)10/h3-6,13-14,24H,7-12,15H2,1-2H3;13H,1-2H2,(H,7,8)(H,9,10)(H,11,12). The van der Waals surface area contributed by atoms with Gasteiger partial charge in [-0.15, -0.1) is 0 Å². The van der Waals surface area contributed by atoms with Crippen LogP contribution >= 0.6 is 0 Å². The third-order valence-corrected chi connectivity index (χ3v) is 6.27. The number of para-hydroxylation sites is 1. The van der Waals surface area contributed by atoms with E-state index in [2.05, 4.69) is 14.9 Å². The molecule has 2 heterocycles. The number of benzene rings is 1. The second-order valence-corrected chi connectivity index (χ2v) is 9.24. The molecule has 5 N–H and O–H groups in total. The topological polar surface area (TPSA) is 200 Å². The molecule has 0 saturated carbocycles. The summed E-state index contributed by atoms with van der Waals surface area (Å²) in [6.07, 6.45) is 3.58. The highest BCUT2D eigenvalue weighted by atomic mass is 16.5. The number of aliphatic hydroxyl groups is 2. The van der Waals surface area contributed by atoms with E-state index in [1.54, 1.807) is 14.2 Å². The van der Waals surface area contributed by atoms with Gasteiger partial charge in [-0.2, -0.15) is 0 Å². The van der Waals surface area contributed by atoms with Crippen LogP contribution in [0.1, 0.15) is 42.6 Å². The van der Waals surface area contributed by atoms with Gasteiger partial charge in [0.2, 0.25) is 0 Å². The van der Waals surface area contributed by atoms with Crippen molar-refractivity contribution in [2.45, 2.75) is 49.9 Å². The fourth-order valence-corrected chi connectivity index (χ4v) is 4.14. The fraction of sp³-hybridized carbons (Fsp3) is 0.500. The number of piperidine rings is 1. The number of carbonyl (C=O) groups is 3. The molecule has 13 heteroatoms. The summed E-state index contributed by atoms with van der Waals surface area (Å²) in [5.41, 5.74) is -1.59. The van der Waals surface area contributed by atoms with Gasteiger partial charge in [0.15, 0.2) is 5.60 Å². The first-order valence-corrected chi connectivity index (χ1v) is 12.2. The fourth-order valence-electron chi connectivity index (χ4n) is 4.14. The number of likely N-dealkylation sites (tertiary alicyclic amines) is 1. The maximum Gasteiger partial charge on any atom is 0.336 e. The molecule has 3 rings (SSSR count). The molecule has 0 atom stereocenters. The Morgan fingerprint density at radius 2 is 1.56 bits per heavy atom. The van der Waals surface area contributed by atoms with Gasteiger partial charge in [-0.25, -0.2) is 14.8 Å². The van der Waals surface area contributed by atoms with E-state index in [9.17, 15) is 19.5 Å². The van der Waals surface area contributed by atoms with Crippen LogP contribution < -0.4 is 4.74 Å². The molecular formula is C26H35N3O10. The minimum absolute atomic E-state index is 0.632. The average molecular weight is 550 g/mol. The van der Waals surface area contributed by atoms with Crippen molar-refractivity contribution in [1.29, 1.82) is 0 Å². The van der Waals surface area contributed by atoms with E-state index in [0.29, 0.717) is 19.4 Å². The summed E-state index contributed by atoms with van der Waals surface area (Å²) < 4.78 is 10.5. The number of nitrogens with zero attached hydrogens (tertiary/aromatic N) is 3. The van der Waals surface area contributed by atoms with Crippen LogP contribution in [0, 0.1) is 0 Å². The molecule has 0 radical (unpaired) electrons. The third kappa shape index (κ3) is 9.55. The highest BCUT2D eigenvalue weighted by Crippen LogP contribution is 2.38. The number of carboxylic acid groups (broad SMARTS) is 3. The minimum atomic E-state index is -2.74. The Labute approximate surface area is 225 Å². The molecule has 1 fully saturated rings. The molecule has 1 saturated heterocycles. The van der Waals surface area contributed by atoms with Crippen LogP contribution in [-0.2, 0) is 37.7 Å². The molecular weight excluding hydrogens is 514 g/mol. The molecule has 0 aliphatic carbocycles. The Morgan fingerprint density at radius 3 is 2.05 bits per heavy atom. The van der Waals surface area contributed by atoms with Crippen LogP contribution in [0.25, 0.3) is 0 Å². The maximum absolute atomic E-state index is 11.1. The number of aliphatic carboxylic acids is 3. The van der Waals surface area contributed by atoms with Crippen LogP contribution in [0.3, 0.4) is 0 Å². The Bertz CT molecular complexity index is 1090. The Hall–Kier alpha value is -3.65. The molecule has 0 amide bonds. The van der Waals surface area contributed by atoms with Crippen LogP contribution in [0.5, 0.6) is 5.75 Å².